The molecule has 2 aromatic rings. The van der Waals surface area contributed by atoms with Gasteiger partial charge in [-0.1, -0.05) is 66.2 Å². The Bertz CT molecular complexity index is 485. The van der Waals surface area contributed by atoms with Crippen molar-refractivity contribution >= 4 is 30.0 Å². The molecule has 0 bridgehead atoms. The number of alkyl halides is 1. The van der Waals surface area contributed by atoms with Gasteiger partial charge in [-0.2, -0.15) is 12.6 Å². The van der Waals surface area contributed by atoms with Gasteiger partial charge in [-0.3, -0.25) is 4.79 Å². The van der Waals surface area contributed by atoms with Gasteiger partial charge >= 0.3 is 0 Å². The summed E-state index contributed by atoms with van der Waals surface area (Å²) in [6, 6.07) is 19.3. The summed E-state index contributed by atoms with van der Waals surface area (Å²) >= 11 is 9.55. The van der Waals surface area contributed by atoms with Crippen molar-refractivity contribution in [1.29, 1.82) is 0 Å². The van der Waals surface area contributed by atoms with Gasteiger partial charge in [0.2, 0.25) is 0 Å². The highest BCUT2D eigenvalue weighted by Gasteiger charge is 2.13. The molecule has 19 heavy (non-hydrogen) atoms. The monoisotopic (exact) mass is 292 g/mol. The first-order valence-corrected chi connectivity index (χ1v) is 7.05. The van der Waals surface area contributed by atoms with Gasteiger partial charge in [-0.25, -0.2) is 0 Å². The number of rotatable bonds is 3. The van der Waals surface area contributed by atoms with Crippen molar-refractivity contribution < 1.29 is 4.79 Å². The van der Waals surface area contributed by atoms with Crippen molar-refractivity contribution in [2.75, 3.05) is 5.88 Å². The van der Waals surface area contributed by atoms with Crippen molar-refractivity contribution in [3.05, 3.63) is 71.8 Å². The zero-order valence-electron chi connectivity index (χ0n) is 10.8. The van der Waals surface area contributed by atoms with Crippen LogP contribution in [0.25, 0.3) is 0 Å². The summed E-state index contributed by atoms with van der Waals surface area (Å²) in [5.41, 5.74) is 1.99. The second kappa shape index (κ2) is 8.78. The quantitative estimate of drug-likeness (QED) is 0.504. The molecule has 100 valence electrons. The third kappa shape index (κ3) is 5.95. The second-order valence-electron chi connectivity index (χ2n) is 4.06. The molecule has 0 N–H and O–H groups in total. The van der Waals surface area contributed by atoms with Crippen LogP contribution in [-0.4, -0.2) is 16.9 Å². The fraction of sp³-hybridized carbons (Fsp3) is 0.188. The van der Waals surface area contributed by atoms with Crippen LogP contribution in [0, 0.1) is 6.92 Å². The zero-order valence-corrected chi connectivity index (χ0v) is 12.4. The topological polar surface area (TPSA) is 17.1 Å². The third-order valence-corrected chi connectivity index (χ3v) is 3.39. The Morgan fingerprint density at radius 2 is 1.53 bits per heavy atom. The lowest BCUT2D eigenvalue weighted by Gasteiger charge is -2.04. The maximum absolute atomic E-state index is 11.4. The van der Waals surface area contributed by atoms with Crippen molar-refractivity contribution in [3.63, 3.8) is 0 Å². The predicted octanol–water partition coefficient (Wildman–Crippen LogP) is 4.40. The fourth-order valence-electron chi connectivity index (χ4n) is 1.40. The maximum atomic E-state index is 11.4. The molecule has 0 amide bonds. The number of benzene rings is 2. The lowest BCUT2D eigenvalue weighted by molar-refractivity contribution is 0.0995. The van der Waals surface area contributed by atoms with Crippen LogP contribution in [0.4, 0.5) is 0 Å². The van der Waals surface area contributed by atoms with Crippen LogP contribution < -0.4 is 0 Å². The molecule has 0 saturated carbocycles. The number of ketones is 1. The highest BCUT2D eigenvalue weighted by Crippen LogP contribution is 2.08. The Morgan fingerprint density at radius 1 is 1.05 bits per heavy atom. The average Bonchev–Trinajstić information content (AvgIpc) is 2.48. The van der Waals surface area contributed by atoms with Gasteiger partial charge in [0.1, 0.15) is 0 Å². The molecular formula is C16H17ClOS. The SMILES string of the molecule is Cc1ccccc1.O=C(c1ccccc1)C(S)CCl. The largest absolute Gasteiger partial charge is 0.293 e. The summed E-state index contributed by atoms with van der Waals surface area (Å²) in [6.45, 7) is 2.08. The molecule has 0 aliphatic rings. The summed E-state index contributed by atoms with van der Waals surface area (Å²) in [7, 11) is 0. The fourth-order valence-corrected chi connectivity index (χ4v) is 1.69. The second-order valence-corrected chi connectivity index (χ2v) is 4.99. The molecule has 0 aromatic heterocycles. The van der Waals surface area contributed by atoms with E-state index in [9.17, 15) is 4.79 Å². The highest BCUT2D eigenvalue weighted by molar-refractivity contribution is 7.82. The minimum atomic E-state index is -0.394. The predicted molar refractivity (Wildman–Crippen MR) is 85.4 cm³/mol. The van der Waals surface area contributed by atoms with E-state index in [-0.39, 0.29) is 11.7 Å². The number of aryl methyl sites for hydroxylation is 1. The van der Waals surface area contributed by atoms with E-state index in [1.807, 2.05) is 36.4 Å². The zero-order chi connectivity index (χ0) is 14.1. The van der Waals surface area contributed by atoms with Crippen molar-refractivity contribution in [2.24, 2.45) is 0 Å². The number of hydrogen-bond acceptors (Lipinski definition) is 2. The normalized spacial score (nSPS) is 11.1. The van der Waals surface area contributed by atoms with Gasteiger partial charge in [-0.15, -0.1) is 11.6 Å². The number of Topliss-reactive ketones (excluding diaryl/α,β-unsaturated/α-hetero) is 1. The van der Waals surface area contributed by atoms with Crippen LogP contribution in [-0.2, 0) is 0 Å². The number of carbonyl (C=O) groups is 1. The molecule has 0 radical (unpaired) electrons. The van der Waals surface area contributed by atoms with Crippen molar-refractivity contribution in [1.82, 2.24) is 0 Å². The van der Waals surface area contributed by atoms with Crippen LogP contribution in [0.5, 0.6) is 0 Å². The maximum Gasteiger partial charge on any atom is 0.176 e. The van der Waals surface area contributed by atoms with Gasteiger partial charge < -0.3 is 0 Å². The Balaban J connectivity index is 0.000000218. The third-order valence-electron chi connectivity index (χ3n) is 2.45. The molecule has 0 aliphatic carbocycles. The Labute approximate surface area is 125 Å². The molecule has 0 saturated heterocycles. The van der Waals surface area contributed by atoms with Gasteiger partial charge in [0.25, 0.3) is 0 Å². The average molecular weight is 293 g/mol. The minimum absolute atomic E-state index is 0.0195. The molecule has 0 spiro atoms. The van der Waals surface area contributed by atoms with E-state index in [1.54, 1.807) is 12.1 Å². The van der Waals surface area contributed by atoms with E-state index in [0.29, 0.717) is 5.56 Å². The van der Waals surface area contributed by atoms with Crippen LogP contribution >= 0.6 is 24.2 Å². The molecule has 3 heteroatoms. The standard InChI is InChI=1S/C9H9ClOS.C7H8/c10-6-8(12)9(11)7-4-2-1-3-5-7;1-7-5-3-2-4-6-7/h1-5,8,12H,6H2;2-6H,1H3. The number of hydrogen-bond donors (Lipinski definition) is 1. The van der Waals surface area contributed by atoms with E-state index in [1.165, 1.54) is 5.56 Å². The van der Waals surface area contributed by atoms with Crippen molar-refractivity contribution in [3.8, 4) is 0 Å². The number of halogens is 1. The van der Waals surface area contributed by atoms with Gasteiger partial charge in [-0.05, 0) is 6.92 Å². The molecule has 0 fully saturated rings. The first-order chi connectivity index (χ1) is 9.15. The Hall–Kier alpha value is -1.25. The summed E-state index contributed by atoms with van der Waals surface area (Å²) in [5.74, 6) is 0.227. The molecule has 1 atom stereocenters. The number of thiol groups is 1. The Morgan fingerprint density at radius 3 is 1.89 bits per heavy atom. The lowest BCUT2D eigenvalue weighted by Crippen LogP contribution is -2.15. The molecular weight excluding hydrogens is 276 g/mol. The van der Waals surface area contributed by atoms with Gasteiger partial charge in [0.05, 0.1) is 5.25 Å². The van der Waals surface area contributed by atoms with Crippen molar-refractivity contribution in [2.45, 2.75) is 12.2 Å². The molecule has 2 rings (SSSR count). The molecule has 1 unspecified atom stereocenters. The smallest absolute Gasteiger partial charge is 0.176 e. The highest BCUT2D eigenvalue weighted by atomic mass is 35.5. The first kappa shape index (κ1) is 15.8. The lowest BCUT2D eigenvalue weighted by atomic mass is 10.1. The van der Waals surface area contributed by atoms with E-state index in [2.05, 4.69) is 31.7 Å². The van der Waals surface area contributed by atoms with Gasteiger partial charge in [0.15, 0.2) is 5.78 Å². The minimum Gasteiger partial charge on any atom is -0.293 e. The Kier molecular flexibility index (Phi) is 7.31. The van der Waals surface area contributed by atoms with E-state index in [4.69, 9.17) is 11.6 Å². The molecule has 0 heterocycles. The van der Waals surface area contributed by atoms with Crippen LogP contribution in [0.3, 0.4) is 0 Å². The first-order valence-electron chi connectivity index (χ1n) is 6.00. The van der Waals surface area contributed by atoms with Crippen LogP contribution in [0.2, 0.25) is 0 Å². The summed E-state index contributed by atoms with van der Waals surface area (Å²) in [5, 5.41) is -0.394. The summed E-state index contributed by atoms with van der Waals surface area (Å²) in [6.07, 6.45) is 0. The van der Waals surface area contributed by atoms with Crippen LogP contribution in [0.1, 0.15) is 15.9 Å². The van der Waals surface area contributed by atoms with Crippen LogP contribution in [0.15, 0.2) is 60.7 Å². The number of carbonyl (C=O) groups excluding carboxylic acids is 1. The molecule has 0 aliphatic heterocycles. The summed E-state index contributed by atoms with van der Waals surface area (Å²) < 4.78 is 0. The van der Waals surface area contributed by atoms with E-state index >= 15 is 0 Å². The van der Waals surface area contributed by atoms with E-state index in [0.717, 1.165) is 0 Å². The summed E-state index contributed by atoms with van der Waals surface area (Å²) in [4.78, 5) is 11.4. The van der Waals surface area contributed by atoms with E-state index < -0.39 is 5.25 Å². The van der Waals surface area contributed by atoms with Gasteiger partial charge in [0, 0.05) is 11.4 Å². The molecule has 1 nitrogen and oxygen atoms in total. The molecule has 2 aromatic carbocycles.